The zero-order valence-electron chi connectivity index (χ0n) is 14.6. The maximum Gasteiger partial charge on any atom is 0.289 e. The zero-order valence-corrected chi connectivity index (χ0v) is 16.3. The fourth-order valence-corrected chi connectivity index (χ4v) is 3.49. The summed E-state index contributed by atoms with van der Waals surface area (Å²) in [5.41, 5.74) is 1.91. The molecule has 2 heterocycles. The van der Waals surface area contributed by atoms with Gasteiger partial charge in [-0.05, 0) is 41.8 Å². The van der Waals surface area contributed by atoms with Crippen LogP contribution in [0.15, 0.2) is 66.3 Å². The molecule has 138 valence electrons. The van der Waals surface area contributed by atoms with Gasteiger partial charge in [0.2, 0.25) is 5.76 Å². The Morgan fingerprint density at radius 2 is 1.96 bits per heavy atom. The molecule has 3 N–H and O–H groups in total. The molecule has 0 atom stereocenters. The highest BCUT2D eigenvalue weighted by atomic mass is 32.1. The lowest BCUT2D eigenvalue weighted by molar-refractivity contribution is -0.576. The van der Waals surface area contributed by atoms with Crippen LogP contribution in [0.2, 0.25) is 0 Å². The summed E-state index contributed by atoms with van der Waals surface area (Å²) in [4.78, 5) is 1.05. The second-order valence-electron chi connectivity index (χ2n) is 5.63. The Labute approximate surface area is 166 Å². The van der Waals surface area contributed by atoms with Gasteiger partial charge in [-0.25, -0.2) is 0 Å². The van der Waals surface area contributed by atoms with Crippen molar-refractivity contribution in [2.45, 2.75) is 6.61 Å². The third kappa shape index (κ3) is 4.51. The third-order valence-corrected chi connectivity index (χ3v) is 5.02. The number of thiophene rings is 1. The number of nitrogens with zero attached hydrogens (tertiary/aromatic N) is 1. The molecule has 3 rings (SSSR count). The summed E-state index contributed by atoms with van der Waals surface area (Å²) in [6.45, 7) is -0.105. The number of anilines is 1. The Balaban J connectivity index is 2.00. The molecule has 0 aliphatic heterocycles. The molecule has 0 spiro atoms. The lowest BCUT2D eigenvalue weighted by atomic mass is 10.2. The molecule has 0 aliphatic carbocycles. The van der Waals surface area contributed by atoms with E-state index in [-0.39, 0.29) is 12.4 Å². The van der Waals surface area contributed by atoms with Crippen LogP contribution in [0.1, 0.15) is 10.4 Å². The van der Waals surface area contributed by atoms with Gasteiger partial charge in [-0.2, -0.15) is 4.57 Å². The topological polar surface area (TPSA) is 65.6 Å². The first-order chi connectivity index (χ1) is 13.1. The summed E-state index contributed by atoms with van der Waals surface area (Å²) in [6.07, 6.45) is 3.52. The standard InChI is InChI=1S/C20H18N2O3S2/c1-25-16-8-6-15(7-9-16)21-20(26)18(19(24)17-5-3-11-27-17)22-10-2-4-14(12-22)13-23/h2-12,23H,13H2,1H3,(H-,21,24,26)/p+1. The minimum atomic E-state index is -0.105. The number of rotatable bonds is 6. The van der Waals surface area contributed by atoms with E-state index in [0.717, 1.165) is 11.4 Å². The number of hydrogen-bond acceptors (Lipinski definition) is 5. The molecule has 0 amide bonds. The molecule has 0 saturated carbocycles. The molecule has 0 bridgehead atoms. The van der Waals surface area contributed by atoms with E-state index in [1.54, 1.807) is 36.2 Å². The highest BCUT2D eigenvalue weighted by Gasteiger charge is 2.24. The van der Waals surface area contributed by atoms with Gasteiger partial charge in [-0.3, -0.25) is 0 Å². The third-order valence-electron chi connectivity index (χ3n) is 3.84. The average molecular weight is 400 g/mol. The van der Waals surface area contributed by atoms with Crippen molar-refractivity contribution in [3.8, 4) is 5.75 Å². The highest BCUT2D eigenvalue weighted by molar-refractivity contribution is 7.81. The normalized spacial score (nSPS) is 11.6. The molecular weight excluding hydrogens is 380 g/mol. The molecule has 27 heavy (non-hydrogen) atoms. The van der Waals surface area contributed by atoms with E-state index in [1.807, 2.05) is 41.8 Å². The number of ether oxygens (including phenoxy) is 1. The minimum Gasteiger partial charge on any atom is -0.501 e. The molecule has 0 saturated heterocycles. The van der Waals surface area contributed by atoms with Crippen molar-refractivity contribution in [1.82, 2.24) is 0 Å². The Bertz CT molecular complexity index is 952. The molecule has 2 aromatic heterocycles. The Morgan fingerprint density at radius 1 is 1.19 bits per heavy atom. The number of pyridine rings is 1. The van der Waals surface area contributed by atoms with Crippen molar-refractivity contribution >= 4 is 45.7 Å². The van der Waals surface area contributed by atoms with Crippen molar-refractivity contribution in [3.05, 3.63) is 76.7 Å². The molecule has 0 unspecified atom stereocenters. The number of methoxy groups -OCH3 is 1. The van der Waals surface area contributed by atoms with Crippen LogP contribution in [0.5, 0.6) is 5.75 Å². The van der Waals surface area contributed by atoms with Gasteiger partial charge >= 0.3 is 0 Å². The number of benzene rings is 1. The molecule has 0 aliphatic rings. The zero-order chi connectivity index (χ0) is 19.2. The van der Waals surface area contributed by atoms with Gasteiger partial charge in [0.25, 0.3) is 5.70 Å². The van der Waals surface area contributed by atoms with Gasteiger partial charge in [0, 0.05) is 17.3 Å². The largest absolute Gasteiger partial charge is 0.501 e. The number of aliphatic hydroxyl groups excluding tert-OH is 2. The van der Waals surface area contributed by atoms with Crippen LogP contribution >= 0.6 is 23.6 Å². The van der Waals surface area contributed by atoms with E-state index in [9.17, 15) is 10.2 Å². The number of thiocarbonyl (C=S) groups is 1. The van der Waals surface area contributed by atoms with Crippen molar-refractivity contribution in [1.29, 1.82) is 0 Å². The fraction of sp³-hybridized carbons (Fsp3) is 0.100. The van der Waals surface area contributed by atoms with Crippen molar-refractivity contribution in [2.24, 2.45) is 0 Å². The van der Waals surface area contributed by atoms with Crippen LogP contribution in [0.4, 0.5) is 5.69 Å². The second kappa shape index (κ2) is 8.77. The van der Waals surface area contributed by atoms with E-state index in [0.29, 0.717) is 21.1 Å². The van der Waals surface area contributed by atoms with E-state index in [4.69, 9.17) is 17.0 Å². The number of hydrogen-bond donors (Lipinski definition) is 3. The summed E-state index contributed by atoms with van der Waals surface area (Å²) in [7, 11) is 1.61. The Kier molecular flexibility index (Phi) is 6.18. The van der Waals surface area contributed by atoms with E-state index >= 15 is 0 Å². The molecule has 7 heteroatoms. The Hall–Kier alpha value is -2.74. The number of aliphatic hydroxyl groups is 2. The second-order valence-corrected chi connectivity index (χ2v) is 6.99. The lowest BCUT2D eigenvalue weighted by Crippen LogP contribution is -2.38. The highest BCUT2D eigenvalue weighted by Crippen LogP contribution is 2.23. The van der Waals surface area contributed by atoms with Crippen LogP contribution in [0, 0.1) is 0 Å². The van der Waals surface area contributed by atoms with Gasteiger partial charge in [0.1, 0.15) is 5.75 Å². The monoisotopic (exact) mass is 399 g/mol. The predicted octanol–water partition coefficient (Wildman–Crippen LogP) is 3.86. The van der Waals surface area contributed by atoms with Gasteiger partial charge in [0.15, 0.2) is 17.4 Å². The van der Waals surface area contributed by atoms with E-state index < -0.39 is 0 Å². The summed E-state index contributed by atoms with van der Waals surface area (Å²) in [6, 6.07) is 14.6. The maximum atomic E-state index is 10.9. The molecule has 0 fully saturated rings. The smallest absolute Gasteiger partial charge is 0.289 e. The first-order valence-corrected chi connectivity index (χ1v) is 9.45. The van der Waals surface area contributed by atoms with Crippen LogP contribution in [-0.4, -0.2) is 22.3 Å². The van der Waals surface area contributed by atoms with Crippen molar-refractivity contribution < 1.29 is 19.5 Å². The summed E-state index contributed by atoms with van der Waals surface area (Å²) < 4.78 is 6.88. The maximum absolute atomic E-state index is 10.9. The molecule has 3 aromatic rings. The fourth-order valence-electron chi connectivity index (χ4n) is 2.50. The molecule has 5 nitrogen and oxygen atoms in total. The SMILES string of the molecule is COc1ccc(NC(=S)/C(=C(/O)c2cccs2)[n+]2cccc(CO)c2)cc1. The molecule has 1 aromatic carbocycles. The van der Waals surface area contributed by atoms with E-state index in [2.05, 4.69) is 5.32 Å². The van der Waals surface area contributed by atoms with Crippen molar-refractivity contribution in [2.75, 3.05) is 12.4 Å². The van der Waals surface area contributed by atoms with Gasteiger partial charge in [0.05, 0.1) is 18.6 Å². The number of aromatic nitrogens is 1. The van der Waals surface area contributed by atoms with Crippen LogP contribution in [0.25, 0.3) is 11.5 Å². The van der Waals surface area contributed by atoms with Gasteiger partial charge < -0.3 is 20.3 Å². The average Bonchev–Trinajstić information content (AvgIpc) is 3.24. The van der Waals surface area contributed by atoms with Crippen LogP contribution in [-0.2, 0) is 6.61 Å². The van der Waals surface area contributed by atoms with Gasteiger partial charge in [-0.1, -0.05) is 18.3 Å². The number of nitrogens with one attached hydrogen (secondary N) is 1. The predicted molar refractivity (Wildman–Crippen MR) is 112 cm³/mol. The molecule has 0 radical (unpaired) electrons. The van der Waals surface area contributed by atoms with Crippen LogP contribution in [0.3, 0.4) is 0 Å². The first kappa shape index (κ1) is 19.0. The van der Waals surface area contributed by atoms with Crippen LogP contribution < -0.4 is 14.6 Å². The Morgan fingerprint density at radius 3 is 2.59 bits per heavy atom. The molecular formula is C20H19N2O3S2+. The quantitative estimate of drug-likeness (QED) is 0.254. The van der Waals surface area contributed by atoms with E-state index in [1.165, 1.54) is 11.3 Å². The van der Waals surface area contributed by atoms with Gasteiger partial charge in [-0.15, -0.1) is 11.3 Å². The summed E-state index contributed by atoms with van der Waals surface area (Å²) in [5.74, 6) is 0.810. The summed E-state index contributed by atoms with van der Waals surface area (Å²) in [5, 5.41) is 25.4. The lowest BCUT2D eigenvalue weighted by Gasteiger charge is -2.10. The minimum absolute atomic E-state index is 0.0658. The van der Waals surface area contributed by atoms with Crippen molar-refractivity contribution in [3.63, 3.8) is 0 Å². The first-order valence-electron chi connectivity index (χ1n) is 8.16. The summed E-state index contributed by atoms with van der Waals surface area (Å²) >= 11 is 7.01.